The molecule has 2 rings (SSSR count). The number of benzene rings is 1. The maximum Gasteiger partial charge on any atom is 0.134 e. The molecule has 1 aliphatic heterocycles. The number of likely N-dealkylation sites (tertiary alicyclic amines) is 1. The minimum absolute atomic E-state index is 0.0522. The van der Waals surface area contributed by atoms with Gasteiger partial charge in [-0.3, -0.25) is 4.90 Å². The molecule has 1 aliphatic rings. The molecule has 2 N–H and O–H groups in total. The van der Waals surface area contributed by atoms with Gasteiger partial charge in [-0.25, -0.2) is 8.78 Å². The summed E-state index contributed by atoms with van der Waals surface area (Å²) >= 11 is 0. The molecule has 0 aromatic heterocycles. The van der Waals surface area contributed by atoms with Crippen molar-refractivity contribution >= 4 is 0 Å². The van der Waals surface area contributed by atoms with E-state index in [1.54, 1.807) is 6.07 Å². The fourth-order valence-corrected chi connectivity index (χ4v) is 2.95. The van der Waals surface area contributed by atoms with Gasteiger partial charge in [0.1, 0.15) is 11.6 Å². The average molecular weight is 268 g/mol. The summed E-state index contributed by atoms with van der Waals surface area (Å²) < 4.78 is 28.6. The molecule has 106 valence electrons. The van der Waals surface area contributed by atoms with E-state index in [0.29, 0.717) is 18.0 Å². The van der Waals surface area contributed by atoms with E-state index in [1.165, 1.54) is 6.07 Å². The molecule has 2 unspecified atom stereocenters. The minimum Gasteiger partial charge on any atom is -0.330 e. The molecule has 1 fully saturated rings. The summed E-state index contributed by atoms with van der Waals surface area (Å²) in [6.07, 6.45) is 0.725. The molecule has 19 heavy (non-hydrogen) atoms. The molecule has 0 saturated carbocycles. The Balaban J connectivity index is 2.42. The van der Waals surface area contributed by atoms with Gasteiger partial charge in [-0.2, -0.15) is 0 Å². The second-order valence-electron chi connectivity index (χ2n) is 5.81. The first-order valence-electron chi connectivity index (χ1n) is 6.83. The van der Waals surface area contributed by atoms with E-state index in [9.17, 15) is 8.78 Å². The Morgan fingerprint density at radius 1 is 1.37 bits per heavy atom. The molecule has 0 radical (unpaired) electrons. The van der Waals surface area contributed by atoms with Gasteiger partial charge < -0.3 is 5.73 Å². The summed E-state index contributed by atoms with van der Waals surface area (Å²) in [6, 6.07) is 2.73. The molecule has 1 saturated heterocycles. The third kappa shape index (κ3) is 2.65. The first-order valence-corrected chi connectivity index (χ1v) is 6.83. The molecule has 0 bridgehead atoms. The van der Waals surface area contributed by atoms with Crippen LogP contribution in [0.4, 0.5) is 8.78 Å². The fourth-order valence-electron chi connectivity index (χ4n) is 2.95. The highest BCUT2D eigenvalue weighted by Gasteiger charge is 2.34. The third-order valence-electron chi connectivity index (χ3n) is 4.08. The second kappa shape index (κ2) is 5.55. The van der Waals surface area contributed by atoms with Gasteiger partial charge in [0.25, 0.3) is 0 Å². The topological polar surface area (TPSA) is 29.3 Å². The van der Waals surface area contributed by atoms with Gasteiger partial charge in [0, 0.05) is 18.2 Å². The van der Waals surface area contributed by atoms with E-state index < -0.39 is 5.82 Å². The number of rotatable bonds is 3. The number of hydrogen-bond acceptors (Lipinski definition) is 2. The van der Waals surface area contributed by atoms with Crippen LogP contribution in [0, 0.1) is 17.6 Å². The van der Waals surface area contributed by atoms with Gasteiger partial charge in [0.2, 0.25) is 0 Å². The van der Waals surface area contributed by atoms with Crippen molar-refractivity contribution < 1.29 is 8.78 Å². The first kappa shape index (κ1) is 14.4. The van der Waals surface area contributed by atoms with Gasteiger partial charge in [-0.05, 0) is 43.5 Å². The lowest BCUT2D eigenvalue weighted by atomic mass is 9.93. The Labute approximate surface area is 113 Å². The van der Waals surface area contributed by atoms with E-state index >= 15 is 0 Å². The Morgan fingerprint density at radius 2 is 2.05 bits per heavy atom. The maximum atomic E-state index is 14.5. The molecule has 1 aromatic carbocycles. The summed E-state index contributed by atoms with van der Waals surface area (Å²) in [5, 5.41) is 0. The lowest BCUT2D eigenvalue weighted by Gasteiger charge is -2.22. The molecule has 1 heterocycles. The molecular formula is C15H22F2N2. The third-order valence-corrected chi connectivity index (χ3v) is 4.08. The van der Waals surface area contributed by atoms with Crippen LogP contribution < -0.4 is 5.73 Å². The zero-order valence-electron chi connectivity index (χ0n) is 11.8. The van der Waals surface area contributed by atoms with Crippen molar-refractivity contribution in [3.63, 3.8) is 0 Å². The average Bonchev–Trinajstić information content (AvgIpc) is 2.70. The summed E-state index contributed by atoms with van der Waals surface area (Å²) in [5.41, 5.74) is 6.47. The van der Waals surface area contributed by atoms with E-state index in [-0.39, 0.29) is 23.3 Å². The molecule has 4 heteroatoms. The van der Waals surface area contributed by atoms with Crippen molar-refractivity contribution in [3.8, 4) is 0 Å². The standard InChI is InChI=1S/C15H22F2N2/c1-9(2)11-4-5-12(16)14(15(11)17)13-6-10(7-18)8-19(13)3/h4-5,9-10,13H,6-8,18H2,1-3H3. The molecule has 2 atom stereocenters. The van der Waals surface area contributed by atoms with Crippen molar-refractivity contribution in [2.45, 2.75) is 32.2 Å². The quantitative estimate of drug-likeness (QED) is 0.913. The number of halogens is 2. The normalized spacial score (nSPS) is 24.4. The van der Waals surface area contributed by atoms with Gasteiger partial charge in [-0.1, -0.05) is 19.9 Å². The van der Waals surface area contributed by atoms with Gasteiger partial charge in [0.05, 0.1) is 0 Å². The van der Waals surface area contributed by atoms with Crippen LogP contribution in [0.5, 0.6) is 0 Å². The predicted molar refractivity (Wildman–Crippen MR) is 73.0 cm³/mol. The summed E-state index contributed by atoms with van der Waals surface area (Å²) in [4.78, 5) is 2.00. The maximum absolute atomic E-state index is 14.5. The predicted octanol–water partition coefficient (Wildman–Crippen LogP) is 3.04. The van der Waals surface area contributed by atoms with E-state index in [0.717, 1.165) is 13.0 Å². The lowest BCUT2D eigenvalue weighted by Crippen LogP contribution is -2.22. The van der Waals surface area contributed by atoms with Gasteiger partial charge in [-0.15, -0.1) is 0 Å². The summed E-state index contributed by atoms with van der Waals surface area (Å²) in [7, 11) is 1.90. The Kier molecular flexibility index (Phi) is 4.21. The van der Waals surface area contributed by atoms with E-state index in [2.05, 4.69) is 0 Å². The van der Waals surface area contributed by atoms with Crippen LogP contribution in [0.3, 0.4) is 0 Å². The van der Waals surface area contributed by atoms with Crippen LogP contribution in [-0.4, -0.2) is 25.0 Å². The van der Waals surface area contributed by atoms with Crippen molar-refractivity contribution in [3.05, 3.63) is 34.9 Å². The molecular weight excluding hydrogens is 246 g/mol. The molecule has 0 amide bonds. The van der Waals surface area contributed by atoms with Crippen LogP contribution >= 0.6 is 0 Å². The summed E-state index contributed by atoms with van der Waals surface area (Å²) in [6.45, 7) is 5.20. The Hall–Kier alpha value is -1.00. The minimum atomic E-state index is -0.448. The van der Waals surface area contributed by atoms with Crippen molar-refractivity contribution in [1.29, 1.82) is 0 Å². The Morgan fingerprint density at radius 3 is 2.58 bits per heavy atom. The summed E-state index contributed by atoms with van der Waals surface area (Å²) in [5.74, 6) is -0.464. The van der Waals surface area contributed by atoms with Crippen LogP contribution in [-0.2, 0) is 0 Å². The van der Waals surface area contributed by atoms with Crippen molar-refractivity contribution in [2.75, 3.05) is 20.1 Å². The number of hydrogen-bond donors (Lipinski definition) is 1. The van der Waals surface area contributed by atoms with Gasteiger partial charge >= 0.3 is 0 Å². The first-order chi connectivity index (χ1) is 8.95. The van der Waals surface area contributed by atoms with Crippen LogP contribution in [0.2, 0.25) is 0 Å². The molecule has 0 spiro atoms. The zero-order chi connectivity index (χ0) is 14.2. The highest BCUT2D eigenvalue weighted by atomic mass is 19.1. The van der Waals surface area contributed by atoms with Crippen LogP contribution in [0.15, 0.2) is 12.1 Å². The van der Waals surface area contributed by atoms with Crippen LogP contribution in [0.25, 0.3) is 0 Å². The largest absolute Gasteiger partial charge is 0.330 e. The molecule has 2 nitrogen and oxygen atoms in total. The van der Waals surface area contributed by atoms with E-state index in [1.807, 2.05) is 25.8 Å². The monoisotopic (exact) mass is 268 g/mol. The lowest BCUT2D eigenvalue weighted by molar-refractivity contribution is 0.298. The van der Waals surface area contributed by atoms with Crippen molar-refractivity contribution in [2.24, 2.45) is 11.7 Å². The smallest absolute Gasteiger partial charge is 0.134 e. The number of nitrogens with zero attached hydrogens (tertiary/aromatic N) is 1. The second-order valence-corrected chi connectivity index (χ2v) is 5.81. The Bertz CT molecular complexity index is 460. The van der Waals surface area contributed by atoms with Gasteiger partial charge in [0.15, 0.2) is 0 Å². The van der Waals surface area contributed by atoms with E-state index in [4.69, 9.17) is 5.73 Å². The SMILES string of the molecule is CC(C)c1ccc(F)c(C2CC(CN)CN2C)c1F. The fraction of sp³-hybridized carbons (Fsp3) is 0.600. The highest BCUT2D eigenvalue weighted by Crippen LogP contribution is 2.38. The van der Waals surface area contributed by atoms with Crippen LogP contribution in [0.1, 0.15) is 43.4 Å². The zero-order valence-corrected chi connectivity index (χ0v) is 11.8. The molecule has 0 aliphatic carbocycles. The number of nitrogens with two attached hydrogens (primary N) is 1. The van der Waals surface area contributed by atoms with Crippen molar-refractivity contribution in [1.82, 2.24) is 4.90 Å². The molecule has 1 aromatic rings. The highest BCUT2D eigenvalue weighted by molar-refractivity contribution is 5.32.